The van der Waals surface area contributed by atoms with Gasteiger partial charge in [0.05, 0.1) is 11.4 Å². The van der Waals surface area contributed by atoms with Crippen LogP contribution in [0.25, 0.3) is 0 Å². The van der Waals surface area contributed by atoms with Crippen molar-refractivity contribution in [1.29, 1.82) is 5.26 Å². The van der Waals surface area contributed by atoms with Crippen molar-refractivity contribution < 1.29 is 4.79 Å². The quantitative estimate of drug-likeness (QED) is 0.842. The van der Waals surface area contributed by atoms with Crippen LogP contribution in [0.2, 0.25) is 5.02 Å². The van der Waals surface area contributed by atoms with Crippen LogP contribution in [0.15, 0.2) is 30.6 Å². The van der Waals surface area contributed by atoms with E-state index in [1.807, 2.05) is 6.07 Å². The molecule has 6 nitrogen and oxygen atoms in total. The largest absolute Gasteiger partial charge is 0.397 e. The number of imidazole rings is 1. The predicted molar refractivity (Wildman–Crippen MR) is 76.1 cm³/mol. The van der Waals surface area contributed by atoms with E-state index in [-0.39, 0.29) is 18.2 Å². The van der Waals surface area contributed by atoms with E-state index in [9.17, 15) is 4.79 Å². The Labute approximate surface area is 120 Å². The first-order valence-corrected chi connectivity index (χ1v) is 6.24. The van der Waals surface area contributed by atoms with Crippen molar-refractivity contribution in [2.45, 2.75) is 13.0 Å². The highest BCUT2D eigenvalue weighted by molar-refractivity contribution is 6.31. The molecule has 0 aliphatic heterocycles. The van der Waals surface area contributed by atoms with E-state index in [1.165, 1.54) is 6.20 Å². The van der Waals surface area contributed by atoms with Crippen LogP contribution in [0.4, 0.5) is 11.4 Å². The maximum atomic E-state index is 11.8. The number of amides is 1. The number of nitriles is 1. The number of aromatic nitrogens is 2. The molecule has 0 aliphatic carbocycles. The van der Waals surface area contributed by atoms with Gasteiger partial charge in [0.25, 0.3) is 0 Å². The van der Waals surface area contributed by atoms with Crippen LogP contribution in [0.5, 0.6) is 0 Å². The summed E-state index contributed by atoms with van der Waals surface area (Å²) in [5.41, 5.74) is 6.68. The summed E-state index contributed by atoms with van der Waals surface area (Å²) in [7, 11) is 0. The van der Waals surface area contributed by atoms with E-state index < -0.39 is 0 Å². The van der Waals surface area contributed by atoms with Crippen LogP contribution in [0.3, 0.4) is 0 Å². The number of rotatable bonds is 4. The summed E-state index contributed by atoms with van der Waals surface area (Å²) in [5, 5.41) is 12.0. The summed E-state index contributed by atoms with van der Waals surface area (Å²) >= 11 is 5.78. The maximum absolute atomic E-state index is 11.8. The highest BCUT2D eigenvalue weighted by Crippen LogP contribution is 2.22. The Balaban J connectivity index is 1.95. The third kappa shape index (κ3) is 3.28. The van der Waals surface area contributed by atoms with Crippen LogP contribution in [0, 0.1) is 11.3 Å². The Morgan fingerprint density at radius 2 is 2.35 bits per heavy atom. The van der Waals surface area contributed by atoms with Gasteiger partial charge in [-0.3, -0.25) is 4.79 Å². The monoisotopic (exact) mass is 289 g/mol. The van der Waals surface area contributed by atoms with Crippen molar-refractivity contribution in [3.8, 4) is 6.07 Å². The zero-order chi connectivity index (χ0) is 14.5. The van der Waals surface area contributed by atoms with Gasteiger partial charge in [-0.2, -0.15) is 5.26 Å². The SMILES string of the molecule is N#Cc1nccn1CCC(=O)Nc1ccc(Cl)cc1N. The van der Waals surface area contributed by atoms with Crippen LogP contribution in [-0.4, -0.2) is 15.5 Å². The molecule has 1 aromatic carbocycles. The number of carbonyl (C=O) groups excluding carboxylic acids is 1. The number of nitrogens with two attached hydrogens (primary N) is 1. The van der Waals surface area contributed by atoms with Crippen molar-refractivity contribution in [2.24, 2.45) is 0 Å². The predicted octanol–water partition coefficient (Wildman–Crippen LogP) is 2.02. The lowest BCUT2D eigenvalue weighted by Crippen LogP contribution is -2.15. The molecule has 0 fully saturated rings. The number of carbonyl (C=O) groups is 1. The topological polar surface area (TPSA) is 96.7 Å². The van der Waals surface area contributed by atoms with Crippen LogP contribution >= 0.6 is 11.6 Å². The van der Waals surface area contributed by atoms with E-state index >= 15 is 0 Å². The van der Waals surface area contributed by atoms with E-state index in [4.69, 9.17) is 22.6 Å². The molecule has 1 heterocycles. The Morgan fingerprint density at radius 1 is 1.55 bits per heavy atom. The molecule has 1 amide bonds. The second-order valence-electron chi connectivity index (χ2n) is 4.09. The third-order valence-electron chi connectivity index (χ3n) is 2.68. The summed E-state index contributed by atoms with van der Waals surface area (Å²) in [6.07, 6.45) is 3.39. The molecule has 2 rings (SSSR count). The summed E-state index contributed by atoms with van der Waals surface area (Å²) in [5.74, 6) is 0.0837. The highest BCUT2D eigenvalue weighted by atomic mass is 35.5. The molecular weight excluding hydrogens is 278 g/mol. The van der Waals surface area contributed by atoms with Gasteiger partial charge in [-0.05, 0) is 18.2 Å². The Bertz CT molecular complexity index is 674. The van der Waals surface area contributed by atoms with Crippen molar-refractivity contribution in [1.82, 2.24) is 9.55 Å². The first-order valence-electron chi connectivity index (χ1n) is 5.86. The zero-order valence-corrected chi connectivity index (χ0v) is 11.3. The molecule has 0 saturated heterocycles. The lowest BCUT2D eigenvalue weighted by Gasteiger charge is -2.09. The standard InChI is InChI=1S/C13H12ClN5O/c14-9-1-2-11(10(16)7-9)18-13(20)3-5-19-6-4-17-12(19)8-15/h1-2,4,6-7H,3,5,16H2,(H,18,20). The first-order chi connectivity index (χ1) is 9.60. The third-order valence-corrected chi connectivity index (χ3v) is 2.92. The first kappa shape index (κ1) is 13.9. The molecule has 7 heteroatoms. The van der Waals surface area contributed by atoms with Gasteiger partial charge in [-0.15, -0.1) is 0 Å². The molecule has 0 saturated carbocycles. The molecular formula is C13H12ClN5O. The molecule has 102 valence electrons. The lowest BCUT2D eigenvalue weighted by atomic mass is 10.2. The minimum absolute atomic E-state index is 0.198. The molecule has 0 unspecified atom stereocenters. The van der Waals surface area contributed by atoms with Gasteiger partial charge in [0.15, 0.2) is 0 Å². The summed E-state index contributed by atoms with van der Waals surface area (Å²) < 4.78 is 1.62. The zero-order valence-electron chi connectivity index (χ0n) is 10.5. The number of hydrogen-bond donors (Lipinski definition) is 2. The number of nitrogen functional groups attached to an aromatic ring is 1. The Kier molecular flexibility index (Phi) is 4.23. The van der Waals surface area contributed by atoms with Crippen molar-refractivity contribution in [2.75, 3.05) is 11.1 Å². The second kappa shape index (κ2) is 6.08. The number of aryl methyl sites for hydroxylation is 1. The number of benzene rings is 1. The van der Waals surface area contributed by atoms with E-state index in [1.54, 1.807) is 29.0 Å². The van der Waals surface area contributed by atoms with Gasteiger partial charge in [0, 0.05) is 30.4 Å². The van der Waals surface area contributed by atoms with Crippen LogP contribution in [-0.2, 0) is 11.3 Å². The lowest BCUT2D eigenvalue weighted by molar-refractivity contribution is -0.116. The fraction of sp³-hybridized carbons (Fsp3) is 0.154. The molecule has 0 atom stereocenters. The van der Waals surface area contributed by atoms with E-state index in [2.05, 4.69) is 10.3 Å². The maximum Gasteiger partial charge on any atom is 0.226 e. The molecule has 3 N–H and O–H groups in total. The molecule has 2 aromatic rings. The number of halogens is 1. The number of nitrogens with one attached hydrogen (secondary N) is 1. The van der Waals surface area contributed by atoms with Crippen molar-refractivity contribution in [3.05, 3.63) is 41.4 Å². The van der Waals surface area contributed by atoms with E-state index in [0.717, 1.165) is 0 Å². The van der Waals surface area contributed by atoms with Gasteiger partial charge >= 0.3 is 0 Å². The minimum Gasteiger partial charge on any atom is -0.397 e. The van der Waals surface area contributed by atoms with Crippen molar-refractivity contribution >= 4 is 28.9 Å². The Morgan fingerprint density at radius 3 is 3.05 bits per heavy atom. The smallest absolute Gasteiger partial charge is 0.226 e. The Hall–Kier alpha value is -2.52. The number of hydrogen-bond acceptors (Lipinski definition) is 4. The van der Waals surface area contributed by atoms with Crippen LogP contribution in [0.1, 0.15) is 12.2 Å². The van der Waals surface area contributed by atoms with Crippen molar-refractivity contribution in [3.63, 3.8) is 0 Å². The molecule has 0 spiro atoms. The minimum atomic E-state index is -0.198. The normalized spacial score (nSPS) is 10.0. The average molecular weight is 290 g/mol. The number of nitrogens with zero attached hydrogens (tertiary/aromatic N) is 3. The molecule has 1 aromatic heterocycles. The molecule has 0 bridgehead atoms. The fourth-order valence-corrected chi connectivity index (χ4v) is 1.87. The summed E-state index contributed by atoms with van der Waals surface area (Å²) in [6, 6.07) is 6.82. The number of anilines is 2. The van der Waals surface area contributed by atoms with Gasteiger partial charge in [0.1, 0.15) is 6.07 Å². The highest BCUT2D eigenvalue weighted by Gasteiger charge is 2.07. The molecule has 0 aliphatic rings. The second-order valence-corrected chi connectivity index (χ2v) is 4.52. The average Bonchev–Trinajstić information content (AvgIpc) is 2.87. The van der Waals surface area contributed by atoms with Gasteiger partial charge < -0.3 is 15.6 Å². The van der Waals surface area contributed by atoms with Crippen LogP contribution < -0.4 is 11.1 Å². The van der Waals surface area contributed by atoms with Gasteiger partial charge in [0.2, 0.25) is 11.7 Å². The fourth-order valence-electron chi connectivity index (χ4n) is 1.68. The van der Waals surface area contributed by atoms with Gasteiger partial charge in [-0.25, -0.2) is 4.98 Å². The summed E-state index contributed by atoms with van der Waals surface area (Å²) in [6.45, 7) is 0.377. The van der Waals surface area contributed by atoms with Gasteiger partial charge in [-0.1, -0.05) is 11.6 Å². The molecule has 20 heavy (non-hydrogen) atoms. The summed E-state index contributed by atoms with van der Waals surface area (Å²) in [4.78, 5) is 15.7. The van der Waals surface area contributed by atoms with E-state index in [0.29, 0.717) is 22.9 Å². The molecule has 0 radical (unpaired) electrons.